The molecule has 0 amide bonds. The summed E-state index contributed by atoms with van der Waals surface area (Å²) in [5.74, 6) is 0. The Kier molecular flexibility index (Phi) is 14.0. The second-order valence-electron chi connectivity index (χ2n) is 7.59. The molecule has 0 saturated heterocycles. The van der Waals surface area contributed by atoms with Crippen LogP contribution in [0.25, 0.3) is 0 Å². The third-order valence-electron chi connectivity index (χ3n) is 4.33. The van der Waals surface area contributed by atoms with Gasteiger partial charge in [-0.1, -0.05) is 70.9 Å². The summed E-state index contributed by atoms with van der Waals surface area (Å²) in [5.41, 5.74) is 0.0690. The van der Waals surface area contributed by atoms with Crippen LogP contribution in [0.4, 0.5) is 0 Å². The van der Waals surface area contributed by atoms with Gasteiger partial charge in [-0.15, -0.1) is 0 Å². The molecule has 0 heterocycles. The largest absolute Gasteiger partial charge is 0.396 e. The smallest absolute Gasteiger partial charge is 0.0512 e. The summed E-state index contributed by atoms with van der Waals surface area (Å²) in [6, 6.07) is 0. The van der Waals surface area contributed by atoms with Crippen molar-refractivity contribution in [2.24, 2.45) is 5.41 Å². The van der Waals surface area contributed by atoms with Crippen molar-refractivity contribution in [1.29, 1.82) is 0 Å². The monoisotopic (exact) mass is 312 g/mol. The van der Waals surface area contributed by atoms with Gasteiger partial charge in [0.1, 0.15) is 0 Å². The lowest BCUT2D eigenvalue weighted by Gasteiger charge is -2.19. The molecule has 0 aromatic rings. The first-order chi connectivity index (χ1) is 10.5. The SMILES string of the molecule is C[C@@H](O)CCCCCCCCCC/C=C\CCC(C)(C)CO. The van der Waals surface area contributed by atoms with Crippen molar-refractivity contribution in [1.82, 2.24) is 0 Å². The molecule has 2 heteroatoms. The lowest BCUT2D eigenvalue weighted by molar-refractivity contribution is 0.151. The Morgan fingerprint density at radius 1 is 0.818 bits per heavy atom. The summed E-state index contributed by atoms with van der Waals surface area (Å²) in [6.07, 6.45) is 19.3. The summed E-state index contributed by atoms with van der Waals surface area (Å²) in [7, 11) is 0. The zero-order valence-corrected chi connectivity index (χ0v) is 15.3. The molecular formula is C20H40O2. The molecule has 2 N–H and O–H groups in total. The van der Waals surface area contributed by atoms with E-state index in [-0.39, 0.29) is 18.1 Å². The second kappa shape index (κ2) is 14.3. The van der Waals surface area contributed by atoms with Crippen LogP contribution in [0.15, 0.2) is 12.2 Å². The highest BCUT2D eigenvalue weighted by Crippen LogP contribution is 2.21. The number of hydrogen-bond acceptors (Lipinski definition) is 2. The number of rotatable bonds is 15. The molecule has 0 saturated carbocycles. The fourth-order valence-electron chi connectivity index (χ4n) is 2.55. The van der Waals surface area contributed by atoms with E-state index in [2.05, 4.69) is 26.0 Å². The lowest BCUT2D eigenvalue weighted by Crippen LogP contribution is -2.15. The number of unbranched alkanes of at least 4 members (excludes halogenated alkanes) is 8. The minimum Gasteiger partial charge on any atom is -0.396 e. The Bertz CT molecular complexity index is 256. The normalized spacial score (nSPS) is 13.9. The van der Waals surface area contributed by atoms with Crippen LogP contribution in [0.3, 0.4) is 0 Å². The van der Waals surface area contributed by atoms with Gasteiger partial charge in [0.25, 0.3) is 0 Å². The maximum Gasteiger partial charge on any atom is 0.0512 e. The first kappa shape index (κ1) is 21.7. The van der Waals surface area contributed by atoms with Gasteiger partial charge < -0.3 is 10.2 Å². The van der Waals surface area contributed by atoms with Crippen LogP contribution in [-0.2, 0) is 0 Å². The average Bonchev–Trinajstić information content (AvgIpc) is 2.47. The van der Waals surface area contributed by atoms with Crippen molar-refractivity contribution < 1.29 is 10.2 Å². The third kappa shape index (κ3) is 16.0. The molecule has 0 aromatic carbocycles. The zero-order valence-electron chi connectivity index (χ0n) is 15.3. The predicted molar refractivity (Wildman–Crippen MR) is 97.1 cm³/mol. The van der Waals surface area contributed by atoms with Gasteiger partial charge in [0.15, 0.2) is 0 Å². The number of allylic oxidation sites excluding steroid dienone is 2. The van der Waals surface area contributed by atoms with Crippen LogP contribution in [0.2, 0.25) is 0 Å². The maximum atomic E-state index is 9.17. The van der Waals surface area contributed by atoms with Gasteiger partial charge in [-0.3, -0.25) is 0 Å². The highest BCUT2D eigenvalue weighted by Gasteiger charge is 2.14. The standard InChI is InChI=1S/C20H40O2/c1-19(22)16-14-12-10-8-6-4-5-7-9-11-13-15-17-20(2,3)18-21/h11,13,19,21-22H,4-10,12,14-18H2,1-3H3/b13-11-/t19-/m1/s1. The summed E-state index contributed by atoms with van der Waals surface area (Å²) in [6.45, 7) is 6.39. The van der Waals surface area contributed by atoms with Crippen molar-refractivity contribution in [3.8, 4) is 0 Å². The van der Waals surface area contributed by atoms with Crippen molar-refractivity contribution in [3.63, 3.8) is 0 Å². The van der Waals surface area contributed by atoms with Gasteiger partial charge in [-0.25, -0.2) is 0 Å². The third-order valence-corrected chi connectivity index (χ3v) is 4.33. The van der Waals surface area contributed by atoms with Crippen molar-refractivity contribution in [3.05, 3.63) is 12.2 Å². The number of hydrogen-bond donors (Lipinski definition) is 2. The van der Waals surface area contributed by atoms with Crippen LogP contribution in [-0.4, -0.2) is 22.9 Å². The van der Waals surface area contributed by atoms with Crippen LogP contribution in [0, 0.1) is 5.41 Å². The van der Waals surface area contributed by atoms with Crippen LogP contribution in [0.1, 0.15) is 97.8 Å². The summed E-state index contributed by atoms with van der Waals surface area (Å²) in [4.78, 5) is 0. The molecule has 22 heavy (non-hydrogen) atoms. The van der Waals surface area contributed by atoms with Crippen molar-refractivity contribution in [2.75, 3.05) is 6.61 Å². The fourth-order valence-corrected chi connectivity index (χ4v) is 2.55. The predicted octanol–water partition coefficient (Wildman–Crippen LogP) is 5.62. The maximum absolute atomic E-state index is 9.17. The molecule has 0 bridgehead atoms. The first-order valence-corrected chi connectivity index (χ1v) is 9.42. The highest BCUT2D eigenvalue weighted by atomic mass is 16.3. The molecule has 0 rings (SSSR count). The highest BCUT2D eigenvalue weighted by molar-refractivity contribution is 4.83. The van der Waals surface area contributed by atoms with Crippen molar-refractivity contribution in [2.45, 2.75) is 104 Å². The number of aliphatic hydroxyl groups is 2. The molecule has 0 radical (unpaired) electrons. The van der Waals surface area contributed by atoms with Gasteiger partial charge >= 0.3 is 0 Å². The Morgan fingerprint density at radius 2 is 1.32 bits per heavy atom. The van der Waals surface area contributed by atoms with Gasteiger partial charge in [0, 0.05) is 6.61 Å². The fraction of sp³-hybridized carbons (Fsp3) is 0.900. The van der Waals surface area contributed by atoms with E-state index in [1.54, 1.807) is 0 Å². The van der Waals surface area contributed by atoms with E-state index >= 15 is 0 Å². The summed E-state index contributed by atoms with van der Waals surface area (Å²) < 4.78 is 0. The van der Waals surface area contributed by atoms with E-state index in [0.717, 1.165) is 19.3 Å². The molecule has 0 aliphatic carbocycles. The van der Waals surface area contributed by atoms with Crippen molar-refractivity contribution >= 4 is 0 Å². The number of aliphatic hydroxyl groups excluding tert-OH is 2. The first-order valence-electron chi connectivity index (χ1n) is 9.42. The van der Waals surface area contributed by atoms with Gasteiger partial charge in [0.05, 0.1) is 6.10 Å². The molecule has 132 valence electrons. The quantitative estimate of drug-likeness (QED) is 0.304. The van der Waals surface area contributed by atoms with E-state index in [9.17, 15) is 5.11 Å². The van der Waals surface area contributed by atoms with Gasteiger partial charge in [-0.2, -0.15) is 0 Å². The topological polar surface area (TPSA) is 40.5 Å². The summed E-state index contributed by atoms with van der Waals surface area (Å²) in [5, 5.41) is 18.3. The molecule has 0 unspecified atom stereocenters. The molecule has 1 atom stereocenters. The van der Waals surface area contributed by atoms with Gasteiger partial charge in [-0.05, 0) is 44.4 Å². The minimum absolute atomic E-state index is 0.0690. The van der Waals surface area contributed by atoms with E-state index in [1.165, 1.54) is 57.8 Å². The Hall–Kier alpha value is -0.340. The van der Waals surface area contributed by atoms with E-state index < -0.39 is 0 Å². The molecule has 2 nitrogen and oxygen atoms in total. The molecule has 0 aliphatic rings. The molecular weight excluding hydrogens is 272 g/mol. The van der Waals surface area contributed by atoms with E-state index in [4.69, 9.17) is 5.11 Å². The van der Waals surface area contributed by atoms with E-state index in [1.807, 2.05) is 6.92 Å². The Balaban J connectivity index is 3.20. The Morgan fingerprint density at radius 3 is 1.86 bits per heavy atom. The van der Waals surface area contributed by atoms with E-state index in [0.29, 0.717) is 0 Å². The zero-order chi connectivity index (χ0) is 16.7. The Labute approximate surface area is 139 Å². The molecule has 0 aliphatic heterocycles. The van der Waals surface area contributed by atoms with Crippen LogP contribution < -0.4 is 0 Å². The molecule has 0 spiro atoms. The lowest BCUT2D eigenvalue weighted by atomic mass is 9.89. The molecule has 0 aromatic heterocycles. The minimum atomic E-state index is -0.122. The second-order valence-corrected chi connectivity index (χ2v) is 7.59. The average molecular weight is 313 g/mol. The van der Waals surface area contributed by atoms with Crippen LogP contribution in [0.5, 0.6) is 0 Å². The van der Waals surface area contributed by atoms with Crippen LogP contribution >= 0.6 is 0 Å². The molecule has 0 fully saturated rings. The van der Waals surface area contributed by atoms with Gasteiger partial charge in [0.2, 0.25) is 0 Å². The summed E-state index contributed by atoms with van der Waals surface area (Å²) >= 11 is 0.